The fourth-order valence-electron chi connectivity index (χ4n) is 3.38. The highest BCUT2D eigenvalue weighted by molar-refractivity contribution is 5.98. The largest absolute Gasteiger partial charge is 0.573 e. The van der Waals surface area contributed by atoms with Crippen LogP contribution < -0.4 is 14.8 Å². The average molecular weight is 429 g/mol. The number of anilines is 1. The molecule has 1 amide bonds. The number of carbonyl (C=O) groups is 1. The molecule has 0 aliphatic carbocycles. The molecule has 0 unspecified atom stereocenters. The van der Waals surface area contributed by atoms with Crippen LogP contribution in [0.25, 0.3) is 0 Å². The molecule has 1 aromatic heterocycles. The number of rotatable bonds is 6. The van der Waals surface area contributed by atoms with Gasteiger partial charge in [0, 0.05) is 18.4 Å². The van der Waals surface area contributed by atoms with Gasteiger partial charge in [0.25, 0.3) is 5.91 Å². The number of aromatic nitrogens is 1. The summed E-state index contributed by atoms with van der Waals surface area (Å²) in [6, 6.07) is 16.1. The first-order chi connectivity index (χ1) is 14.8. The van der Waals surface area contributed by atoms with Crippen LogP contribution in [0, 0.1) is 0 Å². The number of methoxy groups -OCH3 is 1. The van der Waals surface area contributed by atoms with E-state index in [0.717, 1.165) is 5.56 Å². The molecule has 1 N–H and O–H groups in total. The molecule has 4 rings (SSSR count). The zero-order chi connectivity index (χ0) is 22.0. The summed E-state index contributed by atoms with van der Waals surface area (Å²) in [6.07, 6.45) is -3.75. The van der Waals surface area contributed by atoms with Gasteiger partial charge in [0.2, 0.25) is 0 Å². The van der Waals surface area contributed by atoms with Gasteiger partial charge in [-0.05, 0) is 54.1 Å². The Morgan fingerprint density at radius 3 is 2.35 bits per heavy atom. The predicted molar refractivity (Wildman–Crippen MR) is 107 cm³/mol. The maximum absolute atomic E-state index is 13.0. The second-order valence-electron chi connectivity index (χ2n) is 6.84. The summed E-state index contributed by atoms with van der Waals surface area (Å²) in [5, 5.41) is 3.19. The van der Waals surface area contributed by atoms with Crippen molar-refractivity contribution >= 4 is 11.6 Å². The molecule has 0 fully saturated rings. The molecule has 160 valence electrons. The van der Waals surface area contributed by atoms with Crippen LogP contribution in [-0.4, -0.2) is 29.3 Å². The third-order valence-corrected chi connectivity index (χ3v) is 4.80. The summed E-state index contributed by atoms with van der Waals surface area (Å²) >= 11 is 0. The van der Waals surface area contributed by atoms with Crippen molar-refractivity contribution in [3.8, 4) is 11.5 Å². The number of ether oxygens (including phenoxy) is 2. The second kappa shape index (κ2) is 8.17. The first-order valence-corrected chi connectivity index (χ1v) is 9.35. The standard InChI is InChI=1S/C22H18F3N3O3/c1-30-16-8-4-14(5-9-16)13-28-20(19-18(21(28)29)3-2-12-26-19)27-15-6-10-17(11-7-15)31-22(23,24)25/h2-12,20,27H,13H2,1H3/t20-/m1/s1. The van der Waals surface area contributed by atoms with E-state index < -0.39 is 12.5 Å². The molecule has 2 heterocycles. The van der Waals surface area contributed by atoms with Gasteiger partial charge in [0.05, 0.1) is 18.4 Å². The molecule has 0 saturated heterocycles. The van der Waals surface area contributed by atoms with E-state index in [9.17, 15) is 18.0 Å². The molecule has 1 aliphatic heterocycles. The van der Waals surface area contributed by atoms with Crippen LogP contribution in [-0.2, 0) is 6.54 Å². The molecule has 6 nitrogen and oxygen atoms in total. The Balaban J connectivity index is 1.58. The quantitative estimate of drug-likeness (QED) is 0.613. The Kier molecular flexibility index (Phi) is 5.41. The van der Waals surface area contributed by atoms with E-state index >= 15 is 0 Å². The summed E-state index contributed by atoms with van der Waals surface area (Å²) < 4.78 is 46.2. The highest BCUT2D eigenvalue weighted by Crippen LogP contribution is 2.35. The molecule has 1 atom stereocenters. The number of nitrogens with one attached hydrogen (secondary N) is 1. The normalized spacial score (nSPS) is 15.5. The average Bonchev–Trinajstić information content (AvgIpc) is 3.01. The van der Waals surface area contributed by atoms with Crippen molar-refractivity contribution < 1.29 is 27.4 Å². The Morgan fingerprint density at radius 2 is 1.71 bits per heavy atom. The van der Waals surface area contributed by atoms with E-state index in [1.54, 1.807) is 30.3 Å². The zero-order valence-electron chi connectivity index (χ0n) is 16.4. The van der Waals surface area contributed by atoms with E-state index in [1.165, 1.54) is 24.3 Å². The number of amides is 1. The topological polar surface area (TPSA) is 63.7 Å². The fourth-order valence-corrected chi connectivity index (χ4v) is 3.38. The van der Waals surface area contributed by atoms with Crippen LogP contribution in [0.4, 0.5) is 18.9 Å². The molecule has 2 aromatic carbocycles. The summed E-state index contributed by atoms with van der Waals surface area (Å²) in [4.78, 5) is 19.0. The third-order valence-electron chi connectivity index (χ3n) is 4.80. The Bertz CT molecular complexity index is 1070. The van der Waals surface area contributed by atoms with Crippen molar-refractivity contribution in [1.82, 2.24) is 9.88 Å². The summed E-state index contributed by atoms with van der Waals surface area (Å²) in [5.74, 6) is 0.194. The van der Waals surface area contributed by atoms with Crippen molar-refractivity contribution in [2.24, 2.45) is 0 Å². The van der Waals surface area contributed by atoms with Gasteiger partial charge in [-0.3, -0.25) is 9.78 Å². The lowest BCUT2D eigenvalue weighted by Crippen LogP contribution is -2.32. The predicted octanol–water partition coefficient (Wildman–Crippen LogP) is 4.76. The van der Waals surface area contributed by atoms with E-state index in [0.29, 0.717) is 29.2 Å². The van der Waals surface area contributed by atoms with Crippen molar-refractivity contribution in [3.05, 3.63) is 83.7 Å². The molecule has 1 aliphatic rings. The van der Waals surface area contributed by atoms with E-state index in [4.69, 9.17) is 4.74 Å². The Labute approximate surface area is 176 Å². The number of hydrogen-bond donors (Lipinski definition) is 1. The minimum atomic E-state index is -4.76. The highest BCUT2D eigenvalue weighted by Gasteiger charge is 2.38. The molecule has 9 heteroatoms. The zero-order valence-corrected chi connectivity index (χ0v) is 16.4. The van der Waals surface area contributed by atoms with E-state index in [2.05, 4.69) is 15.0 Å². The van der Waals surface area contributed by atoms with Crippen LogP contribution in [0.2, 0.25) is 0 Å². The van der Waals surface area contributed by atoms with E-state index in [-0.39, 0.29) is 11.7 Å². The van der Waals surface area contributed by atoms with Gasteiger partial charge in [-0.2, -0.15) is 0 Å². The van der Waals surface area contributed by atoms with Crippen molar-refractivity contribution in [3.63, 3.8) is 0 Å². The van der Waals surface area contributed by atoms with Crippen LogP contribution in [0.15, 0.2) is 66.9 Å². The first-order valence-electron chi connectivity index (χ1n) is 9.35. The molecular formula is C22H18F3N3O3. The SMILES string of the molecule is COc1ccc(CN2C(=O)c3cccnc3[C@@H]2Nc2ccc(OC(F)(F)F)cc2)cc1. The summed E-state index contributed by atoms with van der Waals surface area (Å²) in [7, 11) is 1.58. The lowest BCUT2D eigenvalue weighted by molar-refractivity contribution is -0.274. The van der Waals surface area contributed by atoms with Crippen molar-refractivity contribution in [2.75, 3.05) is 12.4 Å². The van der Waals surface area contributed by atoms with Gasteiger partial charge in [-0.15, -0.1) is 13.2 Å². The van der Waals surface area contributed by atoms with Gasteiger partial charge in [0.15, 0.2) is 0 Å². The van der Waals surface area contributed by atoms with Gasteiger partial charge in [-0.1, -0.05) is 12.1 Å². The minimum absolute atomic E-state index is 0.187. The number of halogens is 3. The fraction of sp³-hybridized carbons (Fsp3) is 0.182. The second-order valence-corrected chi connectivity index (χ2v) is 6.84. The Hall–Kier alpha value is -3.75. The van der Waals surface area contributed by atoms with Gasteiger partial charge >= 0.3 is 6.36 Å². The maximum atomic E-state index is 13.0. The first kappa shape index (κ1) is 20.5. The molecule has 3 aromatic rings. The summed E-state index contributed by atoms with van der Waals surface area (Å²) in [5.41, 5.74) is 2.44. The van der Waals surface area contributed by atoms with Crippen molar-refractivity contribution in [1.29, 1.82) is 0 Å². The molecule has 0 spiro atoms. The molecule has 31 heavy (non-hydrogen) atoms. The number of carbonyl (C=O) groups excluding carboxylic acids is 1. The van der Waals surface area contributed by atoms with E-state index in [1.807, 2.05) is 24.3 Å². The smallest absolute Gasteiger partial charge is 0.497 e. The number of fused-ring (bicyclic) bond motifs is 1. The molecule has 0 saturated carbocycles. The Morgan fingerprint density at radius 1 is 1.03 bits per heavy atom. The van der Waals surface area contributed by atoms with Gasteiger partial charge < -0.3 is 19.7 Å². The lowest BCUT2D eigenvalue weighted by Gasteiger charge is -2.26. The molecule has 0 radical (unpaired) electrons. The summed E-state index contributed by atoms with van der Waals surface area (Å²) in [6.45, 7) is 0.312. The van der Waals surface area contributed by atoms with Gasteiger partial charge in [-0.25, -0.2) is 0 Å². The van der Waals surface area contributed by atoms with Crippen LogP contribution in [0.3, 0.4) is 0 Å². The number of nitrogens with zero attached hydrogens (tertiary/aromatic N) is 2. The van der Waals surface area contributed by atoms with Crippen molar-refractivity contribution in [2.45, 2.75) is 19.1 Å². The van der Waals surface area contributed by atoms with Crippen LogP contribution >= 0.6 is 0 Å². The number of benzene rings is 2. The lowest BCUT2D eigenvalue weighted by atomic mass is 10.2. The van der Waals surface area contributed by atoms with Gasteiger partial charge in [0.1, 0.15) is 17.7 Å². The third kappa shape index (κ3) is 4.55. The number of hydrogen-bond acceptors (Lipinski definition) is 5. The van der Waals surface area contributed by atoms with Crippen LogP contribution in [0.5, 0.6) is 11.5 Å². The molecule has 0 bridgehead atoms. The minimum Gasteiger partial charge on any atom is -0.497 e. The van der Waals surface area contributed by atoms with Crippen LogP contribution in [0.1, 0.15) is 27.8 Å². The number of pyridine rings is 1. The number of alkyl halides is 3. The monoisotopic (exact) mass is 429 g/mol. The maximum Gasteiger partial charge on any atom is 0.573 e. The molecular weight excluding hydrogens is 411 g/mol. The highest BCUT2D eigenvalue weighted by atomic mass is 19.4.